The van der Waals surface area contributed by atoms with Crippen LogP contribution in [-0.2, 0) is 9.47 Å². The Morgan fingerprint density at radius 1 is 0.667 bits per heavy atom. The van der Waals surface area contributed by atoms with Crippen LogP contribution in [0.3, 0.4) is 0 Å². The molecular formula is C42H37ClF2IN10O4-. The molecule has 8 aromatic rings. The normalized spacial score (nSPS) is 10.6. The molecule has 0 unspecified atom stereocenters. The van der Waals surface area contributed by atoms with Gasteiger partial charge in [-0.25, -0.2) is 37.4 Å². The van der Waals surface area contributed by atoms with Gasteiger partial charge in [0.15, 0.2) is 11.6 Å². The van der Waals surface area contributed by atoms with Crippen molar-refractivity contribution in [3.05, 3.63) is 133 Å². The number of fused-ring (bicyclic) bond motifs is 2. The van der Waals surface area contributed by atoms with E-state index in [1.165, 1.54) is 40.9 Å². The third-order valence-corrected chi connectivity index (χ3v) is 8.05. The molecule has 14 nitrogen and oxygen atoms in total. The van der Waals surface area contributed by atoms with E-state index in [4.69, 9.17) is 22.1 Å². The maximum atomic E-state index is 14.4. The molecule has 0 atom stereocenters. The van der Waals surface area contributed by atoms with Crippen LogP contribution in [0.2, 0.25) is 0 Å². The number of nitrogen functional groups attached to an aromatic ring is 1. The smallest absolute Gasteiger partial charge is 0.411 e. The summed E-state index contributed by atoms with van der Waals surface area (Å²) < 4.78 is 40.9. The number of benzene rings is 4. The Labute approximate surface area is 364 Å². The minimum atomic E-state index is -0.741. The van der Waals surface area contributed by atoms with Crippen molar-refractivity contribution < 1.29 is 51.8 Å². The zero-order valence-electron chi connectivity index (χ0n) is 32.5. The summed E-state index contributed by atoms with van der Waals surface area (Å²) in [4.78, 5) is 38.8. The number of carbonyl (C=O) groups is 2. The van der Waals surface area contributed by atoms with Gasteiger partial charge in [-0.2, -0.15) is 9.97 Å². The van der Waals surface area contributed by atoms with Gasteiger partial charge in [0.2, 0.25) is 0 Å². The number of halogens is 4. The summed E-state index contributed by atoms with van der Waals surface area (Å²) in [7, 11) is 0. The molecule has 60 heavy (non-hydrogen) atoms. The minimum Gasteiger partial charge on any atom is -1.00 e. The second kappa shape index (κ2) is 20.4. The van der Waals surface area contributed by atoms with Gasteiger partial charge >= 0.3 is 11.5 Å². The summed E-state index contributed by atoms with van der Waals surface area (Å²) >= 11 is 4.81. The molecule has 18 heteroatoms. The van der Waals surface area contributed by atoms with Crippen LogP contribution in [0.15, 0.2) is 122 Å². The highest BCUT2D eigenvalue weighted by atomic mass is 127. The van der Waals surface area contributed by atoms with Crippen molar-refractivity contribution in [3.8, 4) is 45.0 Å². The maximum absolute atomic E-state index is 14.4. The van der Waals surface area contributed by atoms with Crippen molar-refractivity contribution in [1.82, 2.24) is 39.2 Å². The van der Waals surface area contributed by atoms with E-state index in [2.05, 4.69) is 40.2 Å². The zero-order valence-corrected chi connectivity index (χ0v) is 35.4. The summed E-state index contributed by atoms with van der Waals surface area (Å²) in [5.74, 6) is 0.247. The molecule has 4 aromatic carbocycles. The van der Waals surface area contributed by atoms with Crippen molar-refractivity contribution in [1.29, 1.82) is 0 Å². The quantitative estimate of drug-likeness (QED) is 0.101. The van der Waals surface area contributed by atoms with Crippen LogP contribution in [0.4, 0.5) is 29.7 Å². The van der Waals surface area contributed by atoms with Gasteiger partial charge in [0, 0.05) is 58.9 Å². The predicted molar refractivity (Wildman–Crippen MR) is 220 cm³/mol. The van der Waals surface area contributed by atoms with Crippen LogP contribution < -0.4 is 35.0 Å². The van der Waals surface area contributed by atoms with Crippen LogP contribution in [0.1, 0.15) is 27.7 Å². The molecule has 0 saturated carbocycles. The average molecular weight is 946 g/mol. The monoisotopic (exact) mass is 945 g/mol. The molecule has 8 rings (SSSR count). The Balaban J connectivity index is 0.000000197. The average Bonchev–Trinajstić information content (AvgIpc) is 3.84. The third kappa shape index (κ3) is 11.8. The first-order valence-electron chi connectivity index (χ1n) is 18.1. The number of ether oxygens (including phenoxy) is 2. The van der Waals surface area contributed by atoms with E-state index in [0.29, 0.717) is 22.9 Å². The highest BCUT2D eigenvalue weighted by Crippen LogP contribution is 2.26. The number of nitrogens with two attached hydrogens (primary N) is 1. The summed E-state index contributed by atoms with van der Waals surface area (Å²) in [5, 5.41) is 11.2. The molecule has 0 aliphatic heterocycles. The van der Waals surface area contributed by atoms with E-state index in [1.54, 1.807) is 50.8 Å². The fourth-order valence-electron chi connectivity index (χ4n) is 5.39. The molecule has 0 fully saturated rings. The van der Waals surface area contributed by atoms with Crippen LogP contribution in [0.5, 0.6) is 0 Å². The Kier molecular flexibility index (Phi) is 15.1. The van der Waals surface area contributed by atoms with Gasteiger partial charge in [-0.15, -0.1) is 10.2 Å². The molecule has 4 aromatic heterocycles. The maximum Gasteiger partial charge on any atom is 0.411 e. The van der Waals surface area contributed by atoms with Crippen molar-refractivity contribution in [2.24, 2.45) is 0 Å². The highest BCUT2D eigenvalue weighted by molar-refractivity contribution is 6.61. The lowest BCUT2D eigenvalue weighted by Gasteiger charge is -2.10. The number of nitrogens with zero attached hydrogens (tertiary/aromatic N) is 8. The molecular weight excluding hydrogens is 909 g/mol. The van der Waals surface area contributed by atoms with Gasteiger partial charge in [-0.1, -0.05) is 60.7 Å². The fraction of sp³-hybridized carbons (Fsp3) is 0.143. The Hall–Kier alpha value is -6.60. The van der Waals surface area contributed by atoms with Gasteiger partial charge in [-0.05, 0) is 75.2 Å². The molecule has 0 saturated heterocycles. The van der Waals surface area contributed by atoms with Crippen molar-refractivity contribution in [2.45, 2.75) is 39.9 Å². The fourth-order valence-corrected chi connectivity index (χ4v) is 5.57. The van der Waals surface area contributed by atoms with Gasteiger partial charge in [-0.3, -0.25) is 5.32 Å². The Bertz CT molecular complexity index is 2720. The second-order valence-electron chi connectivity index (χ2n) is 13.2. The molecule has 0 radical (unpaired) electrons. The van der Waals surface area contributed by atoms with Crippen LogP contribution in [-0.4, -0.2) is 62.9 Å². The number of carbonyl (C=O) groups excluding carboxylic acids is 2. The molecule has 0 aliphatic rings. The molecule has 308 valence electrons. The number of amides is 1. The number of anilines is 2. The lowest BCUT2D eigenvalue weighted by Crippen LogP contribution is -3.00. The second-order valence-corrected chi connectivity index (χ2v) is 13.5. The Morgan fingerprint density at radius 3 is 1.58 bits per heavy atom. The largest absolute Gasteiger partial charge is 1.00 e. The van der Waals surface area contributed by atoms with Crippen molar-refractivity contribution in [3.63, 3.8) is 0 Å². The van der Waals surface area contributed by atoms with E-state index in [9.17, 15) is 18.4 Å². The van der Waals surface area contributed by atoms with E-state index >= 15 is 0 Å². The molecule has 1 amide bonds. The summed E-state index contributed by atoms with van der Waals surface area (Å²) in [6.45, 7) is 6.96. The molecule has 0 bridgehead atoms. The van der Waals surface area contributed by atoms with Crippen LogP contribution in [0.25, 0.3) is 56.6 Å². The van der Waals surface area contributed by atoms with Crippen LogP contribution in [0, 0.1) is 11.6 Å². The summed E-state index contributed by atoms with van der Waals surface area (Å²) in [6, 6.07) is 28.0. The summed E-state index contributed by atoms with van der Waals surface area (Å²) in [5.41, 5.74) is 10.00. The van der Waals surface area contributed by atoms with Crippen molar-refractivity contribution in [2.75, 3.05) is 11.1 Å². The highest BCUT2D eigenvalue weighted by Gasteiger charge is 2.16. The molecule has 3 N–H and O–H groups in total. The van der Waals surface area contributed by atoms with Gasteiger partial charge in [0.1, 0.15) is 11.6 Å². The molecule has 0 aliphatic carbocycles. The first-order valence-corrected chi connectivity index (χ1v) is 18.5. The number of aromatic nitrogens is 8. The first kappa shape index (κ1) is 44.5. The topological polar surface area (TPSA) is 177 Å². The number of rotatable bonds is 7. The van der Waals surface area contributed by atoms with Crippen LogP contribution >= 0.6 is 11.6 Å². The number of hydrogen-bond donors (Lipinski definition) is 2. The van der Waals surface area contributed by atoms with E-state index in [0.717, 1.165) is 22.3 Å². The lowest BCUT2D eigenvalue weighted by atomic mass is 10.1. The van der Waals surface area contributed by atoms with Crippen molar-refractivity contribution >= 4 is 46.1 Å². The van der Waals surface area contributed by atoms with E-state index in [-0.39, 0.29) is 59.0 Å². The van der Waals surface area contributed by atoms with E-state index < -0.39 is 23.2 Å². The standard InChI is InChI=1S/C21H18FN5O2.C17H12FN5.C4H7ClO2.HI/c1-13(2)29-21(28)24-16-8-9-18(22)17(10-16)19-25-20-23-11-15(12-27(20)26-19)14-6-4-3-5-7-14;18-15-7-6-13(19)8-14(15)16-21-17-20-9-12(10-23(17)22-16)11-4-2-1-3-5-11;1-3(2)7-4(5)6;/h3-13H,1-2H3,(H,24,28);1-10H,19H2;3H,1-2H3;1H/p-1. The molecule has 0 spiro atoms. The predicted octanol–water partition coefficient (Wildman–Crippen LogP) is 6.51. The number of hydrogen-bond acceptors (Lipinski definition) is 11. The van der Waals surface area contributed by atoms with E-state index in [1.807, 2.05) is 66.9 Å². The van der Waals surface area contributed by atoms with Gasteiger partial charge in [0.05, 0.1) is 23.3 Å². The first-order chi connectivity index (χ1) is 28.3. The van der Waals surface area contributed by atoms with Gasteiger partial charge < -0.3 is 39.2 Å². The number of nitrogens with one attached hydrogen (secondary N) is 1. The third-order valence-electron chi connectivity index (χ3n) is 7.96. The lowest BCUT2D eigenvalue weighted by molar-refractivity contribution is -0.0000280. The van der Waals surface area contributed by atoms with Gasteiger partial charge in [0.25, 0.3) is 11.6 Å². The molecule has 4 heterocycles. The summed E-state index contributed by atoms with van der Waals surface area (Å²) in [6.07, 6.45) is 6.03. The Morgan fingerprint density at radius 2 is 1.13 bits per heavy atom. The minimum absolute atomic E-state index is 0. The zero-order chi connectivity index (χ0) is 42.1. The SMILES string of the molecule is CC(C)OC(=O)Cl.CC(C)OC(=O)Nc1ccc(F)c(-c2nc3ncc(-c4ccccc4)cn3n2)c1.Nc1ccc(F)c(-c2nc3ncc(-c4ccccc4)cn3n2)c1.[I-].